The first kappa shape index (κ1) is 11.5. The number of anilines is 2. The molecule has 1 saturated heterocycles. The molecule has 0 radical (unpaired) electrons. The maximum Gasteiger partial charge on any atom is 0.243 e. The Balaban J connectivity index is 1.90. The quantitative estimate of drug-likeness (QED) is 0.789. The van der Waals surface area contributed by atoms with E-state index in [-0.39, 0.29) is 5.91 Å². The minimum atomic E-state index is 0.0667. The third-order valence-corrected chi connectivity index (χ3v) is 3.86. The largest absolute Gasteiger partial charge is 0.364 e. The number of rotatable bonds is 1. The maximum atomic E-state index is 11.5. The van der Waals surface area contributed by atoms with Crippen LogP contribution in [0.2, 0.25) is 0 Å². The van der Waals surface area contributed by atoms with Crippen molar-refractivity contribution in [3.63, 3.8) is 0 Å². The van der Waals surface area contributed by atoms with E-state index in [0.717, 1.165) is 24.5 Å². The Morgan fingerprint density at radius 2 is 2.28 bits per heavy atom. The minimum absolute atomic E-state index is 0.0667. The van der Waals surface area contributed by atoms with Crippen molar-refractivity contribution in [2.45, 2.75) is 18.8 Å². The molecular formula is C14H19N3O. The van der Waals surface area contributed by atoms with Gasteiger partial charge in [0.15, 0.2) is 0 Å². The normalized spacial score (nSPS) is 23.5. The van der Waals surface area contributed by atoms with Crippen LogP contribution >= 0.6 is 0 Å². The van der Waals surface area contributed by atoms with Crippen LogP contribution in [0.1, 0.15) is 24.3 Å². The van der Waals surface area contributed by atoms with Gasteiger partial charge in [-0.2, -0.15) is 0 Å². The Labute approximate surface area is 107 Å². The van der Waals surface area contributed by atoms with E-state index in [1.807, 2.05) is 18.0 Å². The SMILES string of the molecule is CN1CC(=O)Nc2ccc(C3CCCNC3)cc21. The van der Waals surface area contributed by atoms with Gasteiger partial charge in [0.1, 0.15) is 0 Å². The summed E-state index contributed by atoms with van der Waals surface area (Å²) in [7, 11) is 1.97. The van der Waals surface area contributed by atoms with Gasteiger partial charge in [0.25, 0.3) is 0 Å². The van der Waals surface area contributed by atoms with Crippen molar-refractivity contribution in [2.24, 2.45) is 0 Å². The summed E-state index contributed by atoms with van der Waals surface area (Å²) in [6.45, 7) is 2.64. The van der Waals surface area contributed by atoms with Crippen molar-refractivity contribution in [2.75, 3.05) is 36.9 Å². The summed E-state index contributed by atoms with van der Waals surface area (Å²) in [5.41, 5.74) is 3.45. The summed E-state index contributed by atoms with van der Waals surface area (Å²) in [6.07, 6.45) is 2.50. The van der Waals surface area contributed by atoms with Crippen LogP contribution in [-0.2, 0) is 4.79 Å². The maximum absolute atomic E-state index is 11.5. The van der Waals surface area contributed by atoms with Crippen molar-refractivity contribution < 1.29 is 4.79 Å². The molecule has 3 rings (SSSR count). The van der Waals surface area contributed by atoms with E-state index < -0.39 is 0 Å². The van der Waals surface area contributed by atoms with Crippen LogP contribution in [0, 0.1) is 0 Å². The summed E-state index contributed by atoms with van der Waals surface area (Å²) in [5.74, 6) is 0.673. The van der Waals surface area contributed by atoms with Crippen LogP contribution in [0.5, 0.6) is 0 Å². The second-order valence-corrected chi connectivity index (χ2v) is 5.22. The van der Waals surface area contributed by atoms with Crippen molar-refractivity contribution in [1.29, 1.82) is 0 Å². The molecule has 2 N–H and O–H groups in total. The van der Waals surface area contributed by atoms with E-state index in [2.05, 4.69) is 22.8 Å². The highest BCUT2D eigenvalue weighted by Gasteiger charge is 2.21. The zero-order chi connectivity index (χ0) is 12.5. The van der Waals surface area contributed by atoms with E-state index in [0.29, 0.717) is 12.5 Å². The topological polar surface area (TPSA) is 44.4 Å². The van der Waals surface area contributed by atoms with Crippen molar-refractivity contribution in [1.82, 2.24) is 5.32 Å². The number of amides is 1. The fourth-order valence-corrected chi connectivity index (χ4v) is 2.85. The predicted octanol–water partition coefficient (Wildman–Crippen LogP) is 1.54. The van der Waals surface area contributed by atoms with Crippen LogP contribution in [0.15, 0.2) is 18.2 Å². The molecule has 2 aliphatic rings. The number of benzene rings is 1. The highest BCUT2D eigenvalue weighted by Crippen LogP contribution is 2.33. The molecule has 0 aromatic heterocycles. The predicted molar refractivity (Wildman–Crippen MR) is 73.2 cm³/mol. The smallest absolute Gasteiger partial charge is 0.243 e. The Kier molecular flexibility index (Phi) is 2.96. The number of hydrogen-bond donors (Lipinski definition) is 2. The molecule has 4 nitrogen and oxygen atoms in total. The molecule has 0 bridgehead atoms. The summed E-state index contributed by atoms with van der Waals surface area (Å²) >= 11 is 0. The molecule has 1 amide bonds. The van der Waals surface area contributed by atoms with E-state index in [4.69, 9.17) is 0 Å². The van der Waals surface area contributed by atoms with E-state index >= 15 is 0 Å². The lowest BCUT2D eigenvalue weighted by atomic mass is 9.91. The Hall–Kier alpha value is -1.55. The standard InChI is InChI=1S/C14H19N3O/c1-17-9-14(18)16-12-5-4-10(7-13(12)17)11-3-2-6-15-8-11/h4-5,7,11,15H,2-3,6,8-9H2,1H3,(H,16,18). The van der Waals surface area contributed by atoms with Gasteiger partial charge >= 0.3 is 0 Å². The molecule has 96 valence electrons. The number of carbonyl (C=O) groups is 1. The third-order valence-electron chi connectivity index (χ3n) is 3.86. The first-order valence-corrected chi connectivity index (χ1v) is 6.60. The van der Waals surface area contributed by atoms with Gasteiger partial charge < -0.3 is 15.5 Å². The van der Waals surface area contributed by atoms with E-state index in [1.54, 1.807) is 0 Å². The Bertz CT molecular complexity index is 466. The molecule has 2 heterocycles. The van der Waals surface area contributed by atoms with Gasteiger partial charge in [-0.15, -0.1) is 0 Å². The molecule has 0 aliphatic carbocycles. The number of carbonyl (C=O) groups excluding carboxylic acids is 1. The number of fused-ring (bicyclic) bond motifs is 1. The molecule has 2 aliphatic heterocycles. The lowest BCUT2D eigenvalue weighted by molar-refractivity contribution is -0.115. The van der Waals surface area contributed by atoms with E-state index in [9.17, 15) is 4.79 Å². The van der Waals surface area contributed by atoms with Gasteiger partial charge in [0.2, 0.25) is 5.91 Å². The number of piperidine rings is 1. The van der Waals surface area contributed by atoms with Crippen molar-refractivity contribution in [3.05, 3.63) is 23.8 Å². The Morgan fingerprint density at radius 1 is 1.39 bits per heavy atom. The fourth-order valence-electron chi connectivity index (χ4n) is 2.85. The second-order valence-electron chi connectivity index (χ2n) is 5.22. The first-order chi connectivity index (χ1) is 8.74. The molecule has 0 saturated carbocycles. The molecule has 4 heteroatoms. The summed E-state index contributed by atoms with van der Waals surface area (Å²) in [6, 6.07) is 6.41. The minimum Gasteiger partial charge on any atom is -0.364 e. The average molecular weight is 245 g/mol. The molecule has 18 heavy (non-hydrogen) atoms. The molecule has 1 atom stereocenters. The zero-order valence-electron chi connectivity index (χ0n) is 10.7. The molecular weight excluding hydrogens is 226 g/mol. The second kappa shape index (κ2) is 4.61. The molecule has 1 unspecified atom stereocenters. The average Bonchev–Trinajstić information content (AvgIpc) is 2.39. The van der Waals surface area contributed by atoms with Crippen LogP contribution in [0.4, 0.5) is 11.4 Å². The van der Waals surface area contributed by atoms with Crippen LogP contribution < -0.4 is 15.5 Å². The van der Waals surface area contributed by atoms with Crippen LogP contribution in [-0.4, -0.2) is 32.6 Å². The lowest BCUT2D eigenvalue weighted by Gasteiger charge is -2.30. The number of nitrogens with zero attached hydrogens (tertiary/aromatic N) is 1. The molecule has 0 spiro atoms. The van der Waals surface area contributed by atoms with Crippen LogP contribution in [0.25, 0.3) is 0 Å². The van der Waals surface area contributed by atoms with Gasteiger partial charge in [-0.25, -0.2) is 0 Å². The number of nitrogens with one attached hydrogen (secondary N) is 2. The monoisotopic (exact) mass is 245 g/mol. The van der Waals surface area contributed by atoms with E-state index in [1.165, 1.54) is 18.4 Å². The first-order valence-electron chi connectivity index (χ1n) is 6.60. The highest BCUT2D eigenvalue weighted by atomic mass is 16.2. The summed E-state index contributed by atoms with van der Waals surface area (Å²) < 4.78 is 0. The van der Waals surface area contributed by atoms with Gasteiger partial charge in [0.05, 0.1) is 17.9 Å². The van der Waals surface area contributed by atoms with Gasteiger partial charge in [-0.1, -0.05) is 6.07 Å². The number of hydrogen-bond acceptors (Lipinski definition) is 3. The highest BCUT2D eigenvalue weighted by molar-refractivity contribution is 6.01. The van der Waals surface area contributed by atoms with Crippen molar-refractivity contribution >= 4 is 17.3 Å². The van der Waals surface area contributed by atoms with Gasteiger partial charge in [0, 0.05) is 13.6 Å². The number of likely N-dealkylation sites (N-methyl/N-ethyl adjacent to an activating group) is 1. The lowest BCUT2D eigenvalue weighted by Crippen LogP contribution is -2.35. The van der Waals surface area contributed by atoms with Gasteiger partial charge in [-0.05, 0) is 43.0 Å². The summed E-state index contributed by atoms with van der Waals surface area (Å²) in [5, 5.41) is 6.37. The van der Waals surface area contributed by atoms with Crippen molar-refractivity contribution in [3.8, 4) is 0 Å². The fraction of sp³-hybridized carbons (Fsp3) is 0.500. The molecule has 1 fully saturated rings. The van der Waals surface area contributed by atoms with Crippen LogP contribution in [0.3, 0.4) is 0 Å². The summed E-state index contributed by atoms with van der Waals surface area (Å²) in [4.78, 5) is 13.5. The Morgan fingerprint density at radius 3 is 3.06 bits per heavy atom. The third kappa shape index (κ3) is 2.08. The zero-order valence-corrected chi connectivity index (χ0v) is 10.7. The van der Waals surface area contributed by atoms with Gasteiger partial charge in [-0.3, -0.25) is 4.79 Å². The molecule has 1 aromatic carbocycles. The molecule has 1 aromatic rings.